The topological polar surface area (TPSA) is 58.5 Å². The Morgan fingerprint density at radius 1 is 1.40 bits per heavy atom. The van der Waals surface area contributed by atoms with E-state index < -0.39 is 0 Å². The van der Waals surface area contributed by atoms with E-state index in [1.165, 1.54) is 6.08 Å². The number of amides is 1. The number of nitrogens with one attached hydrogen (secondary N) is 1. The molecule has 0 bridgehead atoms. The van der Waals surface area contributed by atoms with Gasteiger partial charge < -0.3 is 5.32 Å². The van der Waals surface area contributed by atoms with Gasteiger partial charge in [-0.3, -0.25) is 4.79 Å². The van der Waals surface area contributed by atoms with E-state index in [1.807, 2.05) is 6.92 Å². The Balaban J connectivity index is 2.64. The van der Waals surface area contributed by atoms with Gasteiger partial charge in [0.2, 0.25) is 12.0 Å². The molecule has 0 atom stereocenters. The summed E-state index contributed by atoms with van der Waals surface area (Å²) in [6, 6.07) is 6.69. The van der Waals surface area contributed by atoms with Crippen molar-refractivity contribution < 1.29 is 9.59 Å². The van der Waals surface area contributed by atoms with Gasteiger partial charge in [0, 0.05) is 12.1 Å². The number of isocyanates is 1. The molecule has 0 aromatic heterocycles. The van der Waals surface area contributed by atoms with Gasteiger partial charge in [0.05, 0.1) is 5.69 Å². The molecule has 0 saturated carbocycles. The highest BCUT2D eigenvalue weighted by atomic mass is 16.1. The van der Waals surface area contributed by atoms with E-state index in [9.17, 15) is 9.59 Å². The number of hydrogen-bond donors (Lipinski definition) is 1. The summed E-state index contributed by atoms with van der Waals surface area (Å²) in [5, 5.41) is 2.73. The van der Waals surface area contributed by atoms with E-state index in [2.05, 4.69) is 10.3 Å². The maximum absolute atomic E-state index is 11.2. The average Bonchev–Trinajstić information content (AvgIpc) is 2.22. The Bertz CT molecular complexity index is 378. The van der Waals surface area contributed by atoms with Gasteiger partial charge >= 0.3 is 0 Å². The molecule has 1 amide bonds. The molecule has 4 heteroatoms. The van der Waals surface area contributed by atoms with Crippen LogP contribution < -0.4 is 5.32 Å². The van der Waals surface area contributed by atoms with Crippen LogP contribution in [0, 0.1) is 0 Å². The van der Waals surface area contributed by atoms with E-state index >= 15 is 0 Å². The monoisotopic (exact) mass is 204 g/mol. The van der Waals surface area contributed by atoms with Crippen molar-refractivity contribution in [3.63, 3.8) is 0 Å². The van der Waals surface area contributed by atoms with Gasteiger partial charge in [-0.15, -0.1) is 0 Å². The van der Waals surface area contributed by atoms with Crippen LogP contribution in [0.2, 0.25) is 0 Å². The molecular formula is C11H12N2O2. The lowest BCUT2D eigenvalue weighted by Crippen LogP contribution is -2.10. The van der Waals surface area contributed by atoms with E-state index in [0.29, 0.717) is 17.8 Å². The Morgan fingerprint density at radius 2 is 2.07 bits per heavy atom. The summed E-state index contributed by atoms with van der Waals surface area (Å²) in [6.45, 7) is 1.95. The van der Waals surface area contributed by atoms with Crippen LogP contribution in [0.25, 0.3) is 0 Å². The zero-order chi connectivity index (χ0) is 11.1. The molecule has 0 heterocycles. The molecule has 0 unspecified atom stereocenters. The summed E-state index contributed by atoms with van der Waals surface area (Å²) in [4.78, 5) is 24.6. The lowest BCUT2D eigenvalue weighted by Gasteiger charge is -2.03. The predicted octanol–water partition coefficient (Wildman–Crippen LogP) is 2.39. The Kier molecular flexibility index (Phi) is 4.26. The average molecular weight is 204 g/mol. The summed E-state index contributed by atoms with van der Waals surface area (Å²) in [5.74, 6) is -0.0101. The van der Waals surface area contributed by atoms with Crippen LogP contribution in [0.4, 0.5) is 11.4 Å². The number of aliphatic imine (C=N–C) groups is 1. The van der Waals surface area contributed by atoms with Crippen molar-refractivity contribution in [1.29, 1.82) is 0 Å². The van der Waals surface area contributed by atoms with Crippen molar-refractivity contribution in [3.8, 4) is 0 Å². The molecule has 4 nitrogen and oxygen atoms in total. The highest BCUT2D eigenvalue weighted by Crippen LogP contribution is 2.15. The van der Waals surface area contributed by atoms with Crippen LogP contribution >= 0.6 is 0 Å². The number of rotatable bonds is 4. The number of hydrogen-bond acceptors (Lipinski definition) is 3. The summed E-state index contributed by atoms with van der Waals surface area (Å²) < 4.78 is 0. The summed E-state index contributed by atoms with van der Waals surface area (Å²) in [7, 11) is 0. The van der Waals surface area contributed by atoms with Crippen LogP contribution in [-0.2, 0) is 9.59 Å². The molecule has 0 aliphatic rings. The first-order valence-electron chi connectivity index (χ1n) is 4.74. The van der Waals surface area contributed by atoms with E-state index in [-0.39, 0.29) is 5.91 Å². The van der Waals surface area contributed by atoms with Crippen LogP contribution in [0.15, 0.2) is 29.3 Å². The van der Waals surface area contributed by atoms with Gasteiger partial charge in [0.15, 0.2) is 0 Å². The smallest absolute Gasteiger partial charge is 0.240 e. The molecule has 0 fully saturated rings. The number of carbonyl (C=O) groups is 1. The lowest BCUT2D eigenvalue weighted by molar-refractivity contribution is -0.116. The first-order valence-corrected chi connectivity index (χ1v) is 4.74. The number of anilines is 1. The van der Waals surface area contributed by atoms with Gasteiger partial charge in [-0.25, -0.2) is 4.79 Å². The molecule has 1 N–H and O–H groups in total. The Hall–Kier alpha value is -1.93. The van der Waals surface area contributed by atoms with E-state index in [4.69, 9.17) is 0 Å². The van der Waals surface area contributed by atoms with E-state index in [0.717, 1.165) is 6.42 Å². The van der Waals surface area contributed by atoms with Crippen molar-refractivity contribution in [2.75, 3.05) is 5.32 Å². The SMILES string of the molecule is CCCC(=O)Nc1ccc(N=C=O)cc1. The fourth-order valence-electron chi connectivity index (χ4n) is 1.12. The zero-order valence-corrected chi connectivity index (χ0v) is 8.49. The predicted molar refractivity (Wildman–Crippen MR) is 57.8 cm³/mol. The van der Waals surface area contributed by atoms with Crippen LogP contribution in [0.1, 0.15) is 19.8 Å². The molecule has 0 spiro atoms. The highest BCUT2D eigenvalue weighted by molar-refractivity contribution is 5.90. The normalized spacial score (nSPS) is 9.13. The summed E-state index contributed by atoms with van der Waals surface area (Å²) in [6.07, 6.45) is 2.78. The Morgan fingerprint density at radius 3 is 2.60 bits per heavy atom. The maximum Gasteiger partial charge on any atom is 0.240 e. The van der Waals surface area contributed by atoms with Gasteiger partial charge in [-0.05, 0) is 30.7 Å². The zero-order valence-electron chi connectivity index (χ0n) is 8.49. The minimum atomic E-state index is -0.0101. The molecule has 1 rings (SSSR count). The minimum Gasteiger partial charge on any atom is -0.326 e. The minimum absolute atomic E-state index is 0.0101. The largest absolute Gasteiger partial charge is 0.326 e. The fourth-order valence-corrected chi connectivity index (χ4v) is 1.12. The first-order chi connectivity index (χ1) is 7.26. The van der Waals surface area contributed by atoms with Crippen molar-refractivity contribution in [1.82, 2.24) is 0 Å². The fraction of sp³-hybridized carbons (Fsp3) is 0.273. The van der Waals surface area contributed by atoms with Crippen LogP contribution in [-0.4, -0.2) is 12.0 Å². The third kappa shape index (κ3) is 3.75. The molecule has 78 valence electrons. The van der Waals surface area contributed by atoms with E-state index in [1.54, 1.807) is 24.3 Å². The second-order valence-electron chi connectivity index (χ2n) is 3.05. The first kappa shape index (κ1) is 11.1. The highest BCUT2D eigenvalue weighted by Gasteiger charge is 1.99. The molecule has 15 heavy (non-hydrogen) atoms. The van der Waals surface area contributed by atoms with Crippen molar-refractivity contribution >= 4 is 23.4 Å². The molecule has 0 aliphatic carbocycles. The van der Waals surface area contributed by atoms with Gasteiger partial charge in [0.1, 0.15) is 0 Å². The van der Waals surface area contributed by atoms with Crippen molar-refractivity contribution in [2.45, 2.75) is 19.8 Å². The third-order valence-electron chi connectivity index (χ3n) is 1.80. The molecule has 1 aromatic rings. The lowest BCUT2D eigenvalue weighted by atomic mass is 10.2. The summed E-state index contributed by atoms with van der Waals surface area (Å²) in [5.41, 5.74) is 1.23. The molecule has 0 aliphatic heterocycles. The Labute approximate surface area is 88.0 Å². The molecule has 0 saturated heterocycles. The maximum atomic E-state index is 11.2. The van der Waals surface area contributed by atoms with Gasteiger partial charge in [-0.2, -0.15) is 4.99 Å². The number of nitrogens with zero attached hydrogens (tertiary/aromatic N) is 1. The van der Waals surface area contributed by atoms with Crippen LogP contribution in [0.5, 0.6) is 0 Å². The van der Waals surface area contributed by atoms with Gasteiger partial charge in [-0.1, -0.05) is 6.92 Å². The van der Waals surface area contributed by atoms with Crippen LogP contribution in [0.3, 0.4) is 0 Å². The van der Waals surface area contributed by atoms with Crippen molar-refractivity contribution in [2.24, 2.45) is 4.99 Å². The van der Waals surface area contributed by atoms with Gasteiger partial charge in [0.25, 0.3) is 0 Å². The molecular weight excluding hydrogens is 192 g/mol. The second-order valence-corrected chi connectivity index (χ2v) is 3.05. The third-order valence-corrected chi connectivity index (χ3v) is 1.80. The molecule has 0 radical (unpaired) electrons. The quantitative estimate of drug-likeness (QED) is 0.604. The standard InChI is InChI=1S/C11H12N2O2/c1-2-3-11(15)13-10-6-4-9(5-7-10)12-8-14/h4-7H,2-3H2,1H3,(H,13,15). The second kappa shape index (κ2) is 5.73. The number of carbonyl (C=O) groups excluding carboxylic acids is 2. The number of benzene rings is 1. The summed E-state index contributed by atoms with van der Waals surface area (Å²) >= 11 is 0. The molecule has 1 aromatic carbocycles. The van der Waals surface area contributed by atoms with Crippen molar-refractivity contribution in [3.05, 3.63) is 24.3 Å².